The molecule has 1 amide bonds. The number of nitrogens with zero attached hydrogens (tertiary/aromatic N) is 4. The van der Waals surface area contributed by atoms with Crippen molar-refractivity contribution in [3.05, 3.63) is 54.2 Å². The second kappa shape index (κ2) is 10.0. The van der Waals surface area contributed by atoms with Gasteiger partial charge < -0.3 is 4.42 Å². The van der Waals surface area contributed by atoms with E-state index >= 15 is 0 Å². The fraction of sp³-hybridized carbons (Fsp3) is 0.364. The topological polar surface area (TPSA) is 118 Å². The van der Waals surface area contributed by atoms with Crippen LogP contribution >= 0.6 is 0 Å². The zero-order chi connectivity index (χ0) is 23.3. The highest BCUT2D eigenvalue weighted by Crippen LogP contribution is 2.21. The summed E-state index contributed by atoms with van der Waals surface area (Å²) < 4.78 is 33.1. The van der Waals surface area contributed by atoms with Gasteiger partial charge in [0.25, 0.3) is 11.8 Å². The quantitative estimate of drug-likeness (QED) is 0.520. The van der Waals surface area contributed by atoms with Gasteiger partial charge in [0.2, 0.25) is 10.0 Å². The number of nitrogens with one attached hydrogen (secondary N) is 1. The Bertz CT molecular complexity index is 1130. The molecule has 1 N–H and O–H groups in total. The van der Waals surface area contributed by atoms with Gasteiger partial charge in [0, 0.05) is 24.8 Å². The highest BCUT2D eigenvalue weighted by Gasteiger charge is 2.26. The van der Waals surface area contributed by atoms with Crippen LogP contribution in [0.3, 0.4) is 0 Å². The molecule has 2 heterocycles. The number of sulfonamides is 1. The molecule has 32 heavy (non-hydrogen) atoms. The van der Waals surface area contributed by atoms with Crippen LogP contribution in [0.1, 0.15) is 38.1 Å². The molecule has 2 aromatic heterocycles. The first-order valence-corrected chi connectivity index (χ1v) is 11.8. The Morgan fingerprint density at radius 3 is 2.22 bits per heavy atom. The van der Waals surface area contributed by atoms with Crippen molar-refractivity contribution >= 4 is 21.9 Å². The molecule has 170 valence electrons. The van der Waals surface area contributed by atoms with Crippen LogP contribution in [0.5, 0.6) is 0 Å². The molecule has 0 saturated heterocycles. The molecule has 1 aromatic carbocycles. The Hall–Kier alpha value is -3.11. The largest absolute Gasteiger partial charge is 0.401 e. The highest BCUT2D eigenvalue weighted by molar-refractivity contribution is 7.89. The monoisotopic (exact) mass is 457 g/mol. The molecule has 0 aliphatic rings. The lowest BCUT2D eigenvalue weighted by Gasteiger charge is -2.25. The van der Waals surface area contributed by atoms with E-state index in [2.05, 4.69) is 20.5 Å². The lowest BCUT2D eigenvalue weighted by molar-refractivity contribution is 0.102. The molecule has 9 nitrogen and oxygen atoms in total. The first-order chi connectivity index (χ1) is 15.2. The number of hydrogen-bond donors (Lipinski definition) is 1. The van der Waals surface area contributed by atoms with Gasteiger partial charge in [0.05, 0.1) is 4.90 Å². The van der Waals surface area contributed by atoms with E-state index in [9.17, 15) is 13.2 Å². The Labute approximate surface area is 187 Å². The Morgan fingerprint density at radius 1 is 1.00 bits per heavy atom. The van der Waals surface area contributed by atoms with Gasteiger partial charge in [-0.2, -0.15) is 4.31 Å². The Kier molecular flexibility index (Phi) is 7.37. The molecule has 0 aliphatic carbocycles. The fourth-order valence-electron chi connectivity index (χ4n) is 3.05. The molecule has 10 heteroatoms. The molecule has 0 aliphatic heterocycles. The van der Waals surface area contributed by atoms with Crippen LogP contribution in [0.4, 0.5) is 6.01 Å². The van der Waals surface area contributed by atoms with Crippen LogP contribution in [0.15, 0.2) is 58.0 Å². The number of hydrogen-bond acceptors (Lipinski definition) is 7. The van der Waals surface area contributed by atoms with Gasteiger partial charge in [0.1, 0.15) is 5.69 Å². The van der Waals surface area contributed by atoms with Crippen LogP contribution < -0.4 is 5.32 Å². The minimum atomic E-state index is -3.67. The summed E-state index contributed by atoms with van der Waals surface area (Å²) in [5.74, 6) is 0.0713. The van der Waals surface area contributed by atoms with E-state index in [1.54, 1.807) is 24.4 Å². The van der Waals surface area contributed by atoms with Gasteiger partial charge in [0.15, 0.2) is 0 Å². The van der Waals surface area contributed by atoms with Crippen LogP contribution in [0.2, 0.25) is 0 Å². The molecule has 0 fully saturated rings. The van der Waals surface area contributed by atoms with Crippen molar-refractivity contribution in [3.63, 3.8) is 0 Å². The first kappa shape index (κ1) is 23.6. The normalized spacial score (nSPS) is 12.0. The number of aromatic nitrogens is 3. The number of amides is 1. The van der Waals surface area contributed by atoms with E-state index in [4.69, 9.17) is 4.42 Å². The average molecular weight is 458 g/mol. The van der Waals surface area contributed by atoms with Crippen LogP contribution in [0.25, 0.3) is 11.6 Å². The van der Waals surface area contributed by atoms with E-state index in [-0.39, 0.29) is 34.2 Å². The van der Waals surface area contributed by atoms with Crippen LogP contribution in [0, 0.1) is 11.8 Å². The van der Waals surface area contributed by atoms with Crippen molar-refractivity contribution in [1.82, 2.24) is 19.5 Å². The van der Waals surface area contributed by atoms with E-state index in [0.717, 1.165) is 0 Å². The smallest absolute Gasteiger partial charge is 0.322 e. The summed E-state index contributed by atoms with van der Waals surface area (Å²) >= 11 is 0. The van der Waals surface area contributed by atoms with Crippen molar-refractivity contribution in [2.75, 3.05) is 18.4 Å². The van der Waals surface area contributed by atoms with Crippen molar-refractivity contribution in [2.45, 2.75) is 32.6 Å². The number of rotatable bonds is 9. The fourth-order valence-corrected chi connectivity index (χ4v) is 4.82. The molecule has 0 saturated carbocycles. The molecule has 0 unspecified atom stereocenters. The van der Waals surface area contributed by atoms with E-state index in [1.165, 1.54) is 28.6 Å². The van der Waals surface area contributed by atoms with Crippen molar-refractivity contribution in [3.8, 4) is 11.6 Å². The Morgan fingerprint density at radius 2 is 1.66 bits per heavy atom. The molecule has 0 atom stereocenters. The van der Waals surface area contributed by atoms with Gasteiger partial charge in [-0.05, 0) is 48.2 Å². The number of pyridine rings is 1. The van der Waals surface area contributed by atoms with Gasteiger partial charge >= 0.3 is 6.01 Å². The first-order valence-electron chi connectivity index (χ1n) is 10.3. The molecule has 0 radical (unpaired) electrons. The molecular weight excluding hydrogens is 430 g/mol. The van der Waals surface area contributed by atoms with Gasteiger partial charge in [-0.1, -0.05) is 38.9 Å². The molecule has 3 rings (SSSR count). The summed E-state index contributed by atoms with van der Waals surface area (Å²) in [6, 6.07) is 11.0. The molecule has 0 spiro atoms. The minimum absolute atomic E-state index is 0.0765. The molecular formula is C22H27N5O4S. The lowest BCUT2D eigenvalue weighted by Crippen LogP contribution is -2.37. The number of carbonyl (C=O) groups excluding carboxylic acids is 1. The standard InChI is InChI=1S/C22H27N5O4S/c1-15(2)13-27(14-16(3)4)32(29,30)18-10-8-17(9-11-18)20(28)24-22-26-25-21(31-22)19-7-5-6-12-23-19/h5-12,15-16H,13-14H2,1-4H3,(H,24,26,28). The third-order valence-corrected chi connectivity index (χ3v) is 6.27. The SMILES string of the molecule is CC(C)CN(CC(C)C)S(=O)(=O)c1ccc(C(=O)Nc2nnc(-c3ccccn3)o2)cc1. The maximum absolute atomic E-state index is 13.1. The summed E-state index contributed by atoms with van der Waals surface area (Å²) in [6.45, 7) is 8.78. The van der Waals surface area contributed by atoms with E-state index in [1.807, 2.05) is 27.7 Å². The van der Waals surface area contributed by atoms with Crippen molar-refractivity contribution < 1.29 is 17.6 Å². The summed E-state index contributed by atoms with van der Waals surface area (Å²) in [5.41, 5.74) is 0.753. The zero-order valence-electron chi connectivity index (χ0n) is 18.5. The maximum Gasteiger partial charge on any atom is 0.322 e. The van der Waals surface area contributed by atoms with E-state index in [0.29, 0.717) is 18.8 Å². The predicted octanol–water partition coefficient (Wildman–Crippen LogP) is 3.69. The minimum Gasteiger partial charge on any atom is -0.401 e. The van der Waals surface area contributed by atoms with Crippen molar-refractivity contribution in [2.24, 2.45) is 11.8 Å². The van der Waals surface area contributed by atoms with Crippen LogP contribution in [-0.2, 0) is 10.0 Å². The third-order valence-electron chi connectivity index (χ3n) is 4.42. The third kappa shape index (κ3) is 5.77. The predicted molar refractivity (Wildman–Crippen MR) is 120 cm³/mol. The van der Waals surface area contributed by atoms with Gasteiger partial charge in [-0.15, -0.1) is 5.10 Å². The second-order valence-corrected chi connectivity index (χ2v) is 10.2. The average Bonchev–Trinajstić information content (AvgIpc) is 3.22. The maximum atomic E-state index is 13.1. The van der Waals surface area contributed by atoms with E-state index < -0.39 is 15.9 Å². The van der Waals surface area contributed by atoms with Crippen LogP contribution in [-0.4, -0.2) is 46.9 Å². The molecule has 3 aromatic rings. The summed E-state index contributed by atoms with van der Waals surface area (Å²) in [5, 5.41) is 10.2. The molecule has 0 bridgehead atoms. The van der Waals surface area contributed by atoms with Gasteiger partial charge in [-0.25, -0.2) is 8.42 Å². The second-order valence-electron chi connectivity index (χ2n) is 8.22. The number of carbonyl (C=O) groups is 1. The number of anilines is 1. The van der Waals surface area contributed by atoms with Crippen molar-refractivity contribution in [1.29, 1.82) is 0 Å². The summed E-state index contributed by atoms with van der Waals surface area (Å²) in [7, 11) is -3.67. The zero-order valence-corrected chi connectivity index (χ0v) is 19.3. The number of benzene rings is 1. The Balaban J connectivity index is 1.73. The summed E-state index contributed by atoms with van der Waals surface area (Å²) in [4.78, 5) is 16.8. The van der Waals surface area contributed by atoms with Gasteiger partial charge in [-0.3, -0.25) is 15.1 Å². The lowest BCUT2D eigenvalue weighted by atomic mass is 10.2. The summed E-state index contributed by atoms with van der Waals surface area (Å²) in [6.07, 6.45) is 1.59. The highest BCUT2D eigenvalue weighted by atomic mass is 32.2.